The van der Waals surface area contributed by atoms with E-state index in [2.05, 4.69) is 5.32 Å². The Bertz CT molecular complexity index is 951. The molecule has 0 radical (unpaired) electrons. The fraction of sp³-hybridized carbons (Fsp3) is 0.391. The molecule has 0 aliphatic carbocycles. The Labute approximate surface area is 192 Å². The van der Waals surface area contributed by atoms with Crippen molar-refractivity contribution in [2.24, 2.45) is 5.92 Å². The number of nitrogens with one attached hydrogen (secondary N) is 1. The Morgan fingerprint density at radius 1 is 1.06 bits per heavy atom. The molecule has 8 heteroatoms. The lowest BCUT2D eigenvalue weighted by Gasteiger charge is -2.32. The van der Waals surface area contributed by atoms with Gasteiger partial charge in [-0.1, -0.05) is 29.3 Å². The highest BCUT2D eigenvalue weighted by atomic mass is 35.5. The first kappa shape index (κ1) is 23.2. The number of likely N-dealkylation sites (tertiary alicyclic amines) is 1. The first-order chi connectivity index (χ1) is 14.9. The Balaban J connectivity index is 1.53. The van der Waals surface area contributed by atoms with Crippen molar-refractivity contribution in [3.8, 4) is 11.5 Å². The number of amides is 2. The third kappa shape index (κ3) is 5.83. The van der Waals surface area contributed by atoms with Gasteiger partial charge in [-0.3, -0.25) is 9.59 Å². The average molecular weight is 465 g/mol. The minimum absolute atomic E-state index is 0.0351. The maximum Gasteiger partial charge on any atom is 0.253 e. The van der Waals surface area contributed by atoms with Crippen LogP contribution in [0, 0.1) is 5.92 Å². The van der Waals surface area contributed by atoms with Gasteiger partial charge in [-0.2, -0.15) is 0 Å². The van der Waals surface area contributed by atoms with Crippen LogP contribution in [-0.4, -0.2) is 50.6 Å². The molecule has 2 aromatic rings. The highest BCUT2D eigenvalue weighted by molar-refractivity contribution is 6.42. The quantitative estimate of drug-likeness (QED) is 0.665. The molecular formula is C23H26Cl2N2O4. The van der Waals surface area contributed by atoms with E-state index in [0.717, 1.165) is 18.4 Å². The van der Waals surface area contributed by atoms with E-state index in [1.807, 2.05) is 18.2 Å². The number of hydrogen-bond donors (Lipinski definition) is 1. The summed E-state index contributed by atoms with van der Waals surface area (Å²) in [7, 11) is 3.19. The molecule has 1 atom stereocenters. The highest BCUT2D eigenvalue weighted by Gasteiger charge is 2.29. The molecule has 1 heterocycles. The van der Waals surface area contributed by atoms with E-state index >= 15 is 0 Å². The number of benzene rings is 2. The summed E-state index contributed by atoms with van der Waals surface area (Å²) in [6.07, 6.45) is 2.21. The molecule has 0 spiro atoms. The van der Waals surface area contributed by atoms with Crippen LogP contribution in [0.4, 0.5) is 0 Å². The van der Waals surface area contributed by atoms with Crippen LogP contribution in [0.5, 0.6) is 11.5 Å². The Morgan fingerprint density at radius 3 is 2.55 bits per heavy atom. The summed E-state index contributed by atoms with van der Waals surface area (Å²) in [6, 6.07) is 10.5. The number of halogens is 2. The minimum Gasteiger partial charge on any atom is -0.493 e. The molecule has 1 fully saturated rings. The molecule has 1 aliphatic heterocycles. The number of piperidine rings is 1. The van der Waals surface area contributed by atoms with Crippen molar-refractivity contribution in [2.45, 2.75) is 19.3 Å². The first-order valence-corrected chi connectivity index (χ1v) is 10.9. The van der Waals surface area contributed by atoms with E-state index in [1.54, 1.807) is 37.3 Å². The molecule has 1 aliphatic rings. The van der Waals surface area contributed by atoms with Gasteiger partial charge in [-0.05, 0) is 55.2 Å². The third-order valence-corrected chi connectivity index (χ3v) is 6.15. The topological polar surface area (TPSA) is 67.9 Å². The maximum absolute atomic E-state index is 12.8. The lowest BCUT2D eigenvalue weighted by molar-refractivity contribution is -0.126. The molecule has 1 N–H and O–H groups in total. The van der Waals surface area contributed by atoms with Crippen molar-refractivity contribution in [1.29, 1.82) is 0 Å². The van der Waals surface area contributed by atoms with E-state index in [0.29, 0.717) is 53.2 Å². The Kier molecular flexibility index (Phi) is 8.04. The zero-order valence-electron chi connectivity index (χ0n) is 17.6. The molecule has 2 amide bonds. The van der Waals surface area contributed by atoms with Crippen LogP contribution in [-0.2, 0) is 11.2 Å². The van der Waals surface area contributed by atoms with Crippen LogP contribution in [0.2, 0.25) is 10.0 Å². The summed E-state index contributed by atoms with van der Waals surface area (Å²) >= 11 is 12.0. The van der Waals surface area contributed by atoms with Gasteiger partial charge in [0.05, 0.1) is 30.2 Å². The summed E-state index contributed by atoms with van der Waals surface area (Å²) in [5, 5.41) is 3.74. The highest BCUT2D eigenvalue weighted by Crippen LogP contribution is 2.28. The number of carbonyl (C=O) groups excluding carboxylic acids is 2. The van der Waals surface area contributed by atoms with Gasteiger partial charge in [-0.15, -0.1) is 0 Å². The van der Waals surface area contributed by atoms with Crippen LogP contribution < -0.4 is 14.8 Å². The van der Waals surface area contributed by atoms with Crippen LogP contribution >= 0.6 is 23.2 Å². The average Bonchev–Trinajstić information content (AvgIpc) is 2.80. The van der Waals surface area contributed by atoms with Gasteiger partial charge in [0.1, 0.15) is 0 Å². The normalized spacial score (nSPS) is 16.0. The molecule has 0 bridgehead atoms. The minimum atomic E-state index is -0.231. The molecule has 0 aromatic heterocycles. The molecule has 3 rings (SSSR count). The fourth-order valence-corrected chi connectivity index (χ4v) is 4.00. The van der Waals surface area contributed by atoms with Crippen LogP contribution in [0.15, 0.2) is 36.4 Å². The van der Waals surface area contributed by atoms with Gasteiger partial charge in [-0.25, -0.2) is 0 Å². The van der Waals surface area contributed by atoms with Crippen LogP contribution in [0.3, 0.4) is 0 Å². The molecule has 31 heavy (non-hydrogen) atoms. The number of carbonyl (C=O) groups is 2. The smallest absolute Gasteiger partial charge is 0.253 e. The molecule has 1 saturated heterocycles. The van der Waals surface area contributed by atoms with E-state index in [4.69, 9.17) is 32.7 Å². The first-order valence-electron chi connectivity index (χ1n) is 10.2. The van der Waals surface area contributed by atoms with Crippen molar-refractivity contribution < 1.29 is 19.1 Å². The number of methoxy groups -OCH3 is 2. The predicted molar refractivity (Wildman–Crippen MR) is 121 cm³/mol. The zero-order chi connectivity index (χ0) is 22.4. The molecule has 1 unspecified atom stereocenters. The fourth-order valence-electron chi connectivity index (χ4n) is 3.70. The van der Waals surface area contributed by atoms with Crippen molar-refractivity contribution in [1.82, 2.24) is 10.2 Å². The van der Waals surface area contributed by atoms with Crippen LogP contribution in [0.1, 0.15) is 28.8 Å². The summed E-state index contributed by atoms with van der Waals surface area (Å²) in [5.74, 6) is 0.929. The number of hydrogen-bond acceptors (Lipinski definition) is 4. The maximum atomic E-state index is 12.8. The van der Waals surface area contributed by atoms with Gasteiger partial charge < -0.3 is 19.7 Å². The monoisotopic (exact) mass is 464 g/mol. The Hall–Kier alpha value is -2.44. The van der Waals surface area contributed by atoms with Gasteiger partial charge in [0.15, 0.2) is 11.5 Å². The van der Waals surface area contributed by atoms with Crippen molar-refractivity contribution in [3.05, 3.63) is 57.6 Å². The summed E-state index contributed by atoms with van der Waals surface area (Å²) in [4.78, 5) is 27.2. The van der Waals surface area contributed by atoms with Crippen LogP contribution in [0.25, 0.3) is 0 Å². The number of rotatable bonds is 7. The molecular weight excluding hydrogens is 439 g/mol. The SMILES string of the molecule is COc1ccc(CCNC(=O)C2CCCN(C(=O)c3ccc(Cl)c(Cl)c3)C2)cc1OC. The summed E-state index contributed by atoms with van der Waals surface area (Å²) in [6.45, 7) is 1.52. The number of ether oxygens (including phenoxy) is 2. The second kappa shape index (κ2) is 10.7. The molecule has 6 nitrogen and oxygen atoms in total. The largest absolute Gasteiger partial charge is 0.493 e. The molecule has 166 valence electrons. The lowest BCUT2D eigenvalue weighted by atomic mass is 9.96. The standard InChI is InChI=1S/C23H26Cl2N2O4/c1-30-20-8-5-15(12-21(20)31-2)9-10-26-22(28)17-4-3-11-27(14-17)23(29)16-6-7-18(24)19(25)13-16/h5-8,12-13,17H,3-4,9-11,14H2,1-2H3,(H,26,28). The van der Waals surface area contributed by atoms with Gasteiger partial charge >= 0.3 is 0 Å². The van der Waals surface area contributed by atoms with Gasteiger partial charge in [0.2, 0.25) is 5.91 Å². The van der Waals surface area contributed by atoms with E-state index in [9.17, 15) is 9.59 Å². The third-order valence-electron chi connectivity index (χ3n) is 5.41. The van der Waals surface area contributed by atoms with Crippen molar-refractivity contribution in [2.75, 3.05) is 33.9 Å². The zero-order valence-corrected chi connectivity index (χ0v) is 19.1. The predicted octanol–water partition coefficient (Wildman–Crippen LogP) is 4.22. The Morgan fingerprint density at radius 2 is 1.84 bits per heavy atom. The second-order valence-electron chi connectivity index (χ2n) is 7.45. The van der Waals surface area contributed by atoms with Gasteiger partial charge in [0, 0.05) is 25.2 Å². The van der Waals surface area contributed by atoms with E-state index in [-0.39, 0.29) is 17.7 Å². The van der Waals surface area contributed by atoms with Crippen molar-refractivity contribution >= 4 is 35.0 Å². The van der Waals surface area contributed by atoms with E-state index in [1.165, 1.54) is 0 Å². The second-order valence-corrected chi connectivity index (χ2v) is 8.26. The number of nitrogens with zero attached hydrogens (tertiary/aromatic N) is 1. The van der Waals surface area contributed by atoms with Gasteiger partial charge in [0.25, 0.3) is 5.91 Å². The lowest BCUT2D eigenvalue weighted by Crippen LogP contribution is -2.45. The summed E-state index contributed by atoms with van der Waals surface area (Å²) in [5.41, 5.74) is 1.52. The molecule has 2 aromatic carbocycles. The summed E-state index contributed by atoms with van der Waals surface area (Å²) < 4.78 is 10.6. The van der Waals surface area contributed by atoms with E-state index < -0.39 is 0 Å². The molecule has 0 saturated carbocycles. The van der Waals surface area contributed by atoms with Crippen molar-refractivity contribution in [3.63, 3.8) is 0 Å².